The van der Waals surface area contributed by atoms with Crippen LogP contribution in [0.15, 0.2) is 6.07 Å². The second kappa shape index (κ2) is 5.54. The van der Waals surface area contributed by atoms with Crippen LogP contribution in [0.1, 0.15) is 10.4 Å². The monoisotopic (exact) mass is 295 g/mol. The summed E-state index contributed by atoms with van der Waals surface area (Å²) in [7, 11) is 0. The van der Waals surface area contributed by atoms with Crippen molar-refractivity contribution in [3.8, 4) is 0 Å². The normalized spacial score (nSPS) is 20.6. The number of rotatable bonds is 2. The average molecular weight is 296 g/mol. The van der Waals surface area contributed by atoms with E-state index in [1.54, 1.807) is 11.0 Å². The molecule has 1 aromatic heterocycles. The van der Waals surface area contributed by atoms with Crippen LogP contribution in [0.2, 0.25) is 8.67 Å². The Morgan fingerprint density at radius 1 is 1.65 bits per heavy atom. The van der Waals surface area contributed by atoms with Gasteiger partial charge >= 0.3 is 0 Å². The predicted octanol–water partition coefficient (Wildman–Crippen LogP) is 1.89. The standard InChI is InChI=1S/C10H11Cl2NO3S/c11-8-3-7(9(12)17-8)10(15)13-1-2-16-5-6(13)4-14/h3,6,14H,1-2,4-5H2. The number of morpholine rings is 1. The zero-order valence-electron chi connectivity index (χ0n) is 8.86. The van der Waals surface area contributed by atoms with Crippen molar-refractivity contribution in [3.05, 3.63) is 20.3 Å². The average Bonchev–Trinajstić information content (AvgIpc) is 2.67. The van der Waals surface area contributed by atoms with Crippen LogP contribution in [0.3, 0.4) is 0 Å². The molecule has 94 valence electrons. The van der Waals surface area contributed by atoms with E-state index in [2.05, 4.69) is 0 Å². The minimum Gasteiger partial charge on any atom is -0.394 e. The highest BCUT2D eigenvalue weighted by molar-refractivity contribution is 7.20. The van der Waals surface area contributed by atoms with Crippen molar-refractivity contribution in [1.29, 1.82) is 0 Å². The lowest BCUT2D eigenvalue weighted by Gasteiger charge is -2.34. The zero-order valence-corrected chi connectivity index (χ0v) is 11.2. The molecule has 1 aromatic rings. The zero-order chi connectivity index (χ0) is 12.4. The van der Waals surface area contributed by atoms with Crippen molar-refractivity contribution < 1.29 is 14.6 Å². The van der Waals surface area contributed by atoms with Gasteiger partial charge in [-0.1, -0.05) is 23.2 Å². The number of hydrogen-bond donors (Lipinski definition) is 1. The molecule has 0 spiro atoms. The summed E-state index contributed by atoms with van der Waals surface area (Å²) < 4.78 is 6.07. The summed E-state index contributed by atoms with van der Waals surface area (Å²) >= 11 is 12.9. The number of halogens is 2. The van der Waals surface area contributed by atoms with Gasteiger partial charge in [0, 0.05) is 6.54 Å². The van der Waals surface area contributed by atoms with Gasteiger partial charge < -0.3 is 14.7 Å². The molecule has 1 N–H and O–H groups in total. The topological polar surface area (TPSA) is 49.8 Å². The highest BCUT2D eigenvalue weighted by Crippen LogP contribution is 2.32. The molecule has 2 heterocycles. The molecule has 1 aliphatic heterocycles. The van der Waals surface area contributed by atoms with Crippen LogP contribution in [-0.2, 0) is 4.74 Å². The lowest BCUT2D eigenvalue weighted by atomic mass is 10.2. The Bertz CT molecular complexity index is 424. The highest BCUT2D eigenvalue weighted by atomic mass is 35.5. The number of ether oxygens (including phenoxy) is 1. The maximum absolute atomic E-state index is 12.2. The number of nitrogens with zero attached hydrogens (tertiary/aromatic N) is 1. The third kappa shape index (κ3) is 2.74. The van der Waals surface area contributed by atoms with Crippen LogP contribution in [0.4, 0.5) is 0 Å². The van der Waals surface area contributed by atoms with E-state index in [9.17, 15) is 9.90 Å². The van der Waals surface area contributed by atoms with Crippen LogP contribution < -0.4 is 0 Å². The summed E-state index contributed by atoms with van der Waals surface area (Å²) in [6.45, 7) is 1.14. The van der Waals surface area contributed by atoms with Gasteiger partial charge in [0.2, 0.25) is 0 Å². The largest absolute Gasteiger partial charge is 0.394 e. The van der Waals surface area contributed by atoms with Crippen molar-refractivity contribution in [2.24, 2.45) is 0 Å². The van der Waals surface area contributed by atoms with Gasteiger partial charge in [0.1, 0.15) is 4.34 Å². The van der Waals surface area contributed by atoms with Gasteiger partial charge in [-0.05, 0) is 6.07 Å². The van der Waals surface area contributed by atoms with Gasteiger partial charge in [-0.2, -0.15) is 0 Å². The summed E-state index contributed by atoms with van der Waals surface area (Å²) in [5, 5.41) is 9.20. The first kappa shape index (κ1) is 13.1. The molecule has 0 bridgehead atoms. The van der Waals surface area contributed by atoms with E-state index in [1.165, 1.54) is 0 Å². The van der Waals surface area contributed by atoms with E-state index in [1.807, 2.05) is 0 Å². The summed E-state index contributed by atoms with van der Waals surface area (Å²) in [5.74, 6) is -0.208. The molecule has 17 heavy (non-hydrogen) atoms. The number of aliphatic hydroxyl groups is 1. The molecule has 4 nitrogen and oxygen atoms in total. The number of carbonyl (C=O) groups is 1. The predicted molar refractivity (Wildman–Crippen MR) is 67.1 cm³/mol. The van der Waals surface area contributed by atoms with E-state index in [4.69, 9.17) is 27.9 Å². The number of carbonyl (C=O) groups excluding carboxylic acids is 1. The summed E-state index contributed by atoms with van der Waals surface area (Å²) in [5.41, 5.74) is 0.391. The van der Waals surface area contributed by atoms with Crippen molar-refractivity contribution >= 4 is 40.4 Å². The first-order valence-electron chi connectivity index (χ1n) is 5.08. The van der Waals surface area contributed by atoms with E-state index >= 15 is 0 Å². The summed E-state index contributed by atoms with van der Waals surface area (Å²) in [6.07, 6.45) is 0. The van der Waals surface area contributed by atoms with Gasteiger partial charge in [-0.3, -0.25) is 4.79 Å². The van der Waals surface area contributed by atoms with Crippen molar-refractivity contribution in [1.82, 2.24) is 4.90 Å². The van der Waals surface area contributed by atoms with Gasteiger partial charge in [0.25, 0.3) is 5.91 Å². The van der Waals surface area contributed by atoms with Crippen molar-refractivity contribution in [2.45, 2.75) is 6.04 Å². The molecule has 1 saturated heterocycles. The molecule has 7 heteroatoms. The molecule has 1 atom stereocenters. The molecule has 1 aliphatic rings. The molecular formula is C10H11Cl2NO3S. The fourth-order valence-electron chi connectivity index (χ4n) is 1.71. The maximum atomic E-state index is 12.2. The third-order valence-electron chi connectivity index (χ3n) is 2.59. The molecule has 1 fully saturated rings. The lowest BCUT2D eigenvalue weighted by Crippen LogP contribution is -2.50. The number of aliphatic hydroxyl groups excluding tert-OH is 1. The highest BCUT2D eigenvalue weighted by Gasteiger charge is 2.29. The smallest absolute Gasteiger partial charge is 0.256 e. The first-order valence-corrected chi connectivity index (χ1v) is 6.65. The fourth-order valence-corrected chi connectivity index (χ4v) is 3.16. The van der Waals surface area contributed by atoms with Crippen LogP contribution >= 0.6 is 34.5 Å². The molecule has 1 unspecified atom stereocenters. The molecular weight excluding hydrogens is 285 g/mol. The Morgan fingerprint density at radius 2 is 2.41 bits per heavy atom. The van der Waals surface area contributed by atoms with Gasteiger partial charge in [0.05, 0.1) is 35.8 Å². The molecule has 1 amide bonds. The van der Waals surface area contributed by atoms with Gasteiger partial charge in [-0.15, -0.1) is 11.3 Å². The first-order chi connectivity index (χ1) is 8.13. The number of hydrogen-bond acceptors (Lipinski definition) is 4. The van der Waals surface area contributed by atoms with Gasteiger partial charge in [-0.25, -0.2) is 0 Å². The lowest BCUT2D eigenvalue weighted by molar-refractivity contribution is -0.0183. The minimum atomic E-state index is -0.314. The van der Waals surface area contributed by atoms with Crippen molar-refractivity contribution in [2.75, 3.05) is 26.4 Å². The Labute approximate surface area is 113 Å². The fraction of sp³-hybridized carbons (Fsp3) is 0.500. The quantitative estimate of drug-likeness (QED) is 0.906. The van der Waals surface area contributed by atoms with E-state index in [0.717, 1.165) is 11.3 Å². The summed E-state index contributed by atoms with van der Waals surface area (Å²) in [6, 6.07) is 1.24. The van der Waals surface area contributed by atoms with Crippen LogP contribution in [-0.4, -0.2) is 48.3 Å². The number of amides is 1. The van der Waals surface area contributed by atoms with Crippen LogP contribution in [0, 0.1) is 0 Å². The molecule has 0 saturated carbocycles. The van der Waals surface area contributed by atoms with E-state index < -0.39 is 0 Å². The van der Waals surface area contributed by atoms with E-state index in [-0.39, 0.29) is 18.6 Å². The second-order valence-corrected chi connectivity index (χ2v) is 5.93. The maximum Gasteiger partial charge on any atom is 0.256 e. The van der Waals surface area contributed by atoms with Crippen molar-refractivity contribution in [3.63, 3.8) is 0 Å². The minimum absolute atomic E-state index is 0.124. The SMILES string of the molecule is O=C(c1cc(Cl)sc1Cl)N1CCOCC1CO. The Kier molecular flexibility index (Phi) is 4.27. The van der Waals surface area contributed by atoms with Gasteiger partial charge in [0.15, 0.2) is 0 Å². The van der Waals surface area contributed by atoms with Crippen LogP contribution in [0.5, 0.6) is 0 Å². The molecule has 0 aromatic carbocycles. The third-order valence-corrected chi connectivity index (χ3v) is 4.07. The van der Waals surface area contributed by atoms with Crippen LogP contribution in [0.25, 0.3) is 0 Å². The molecule has 0 radical (unpaired) electrons. The molecule has 2 rings (SSSR count). The van der Waals surface area contributed by atoms with E-state index in [0.29, 0.717) is 34.0 Å². The molecule has 0 aliphatic carbocycles. The Morgan fingerprint density at radius 3 is 3.00 bits per heavy atom. The summed E-state index contributed by atoms with van der Waals surface area (Å²) in [4.78, 5) is 13.8. The second-order valence-electron chi connectivity index (χ2n) is 3.65. The Balaban J connectivity index is 2.21. The Hall–Kier alpha value is -0.330. The number of thiophene rings is 1.